The third kappa shape index (κ3) is 2.39. The van der Waals surface area contributed by atoms with Gasteiger partial charge < -0.3 is 9.42 Å². The summed E-state index contributed by atoms with van der Waals surface area (Å²) in [4.78, 5) is 19.9. The number of rotatable bonds is 4. The van der Waals surface area contributed by atoms with Crippen LogP contribution in [0, 0.1) is 0 Å². The lowest BCUT2D eigenvalue weighted by atomic mass is 10.2. The van der Waals surface area contributed by atoms with Gasteiger partial charge in [-0.25, -0.2) is 0 Å². The van der Waals surface area contributed by atoms with Gasteiger partial charge in [-0.05, 0) is 30.9 Å². The van der Waals surface area contributed by atoms with E-state index in [0.717, 1.165) is 31.5 Å². The quantitative estimate of drug-likeness (QED) is 0.797. The van der Waals surface area contributed by atoms with Crippen molar-refractivity contribution in [3.8, 4) is 0 Å². The van der Waals surface area contributed by atoms with Gasteiger partial charge in [0.1, 0.15) is 12.6 Å². The summed E-state index contributed by atoms with van der Waals surface area (Å²) in [7, 11) is 0. The first kappa shape index (κ1) is 12.4. The monoisotopic (exact) mass is 289 g/mol. The van der Waals surface area contributed by atoms with Crippen LogP contribution in [0.25, 0.3) is 0 Å². The minimum atomic E-state index is -0.124. The van der Waals surface area contributed by atoms with Crippen LogP contribution < -0.4 is 0 Å². The number of tetrazole rings is 1. The molecule has 4 rings (SSSR count). The number of aromatic nitrogens is 6. The van der Waals surface area contributed by atoms with Gasteiger partial charge in [-0.1, -0.05) is 5.16 Å². The number of likely N-dealkylation sites (tertiary alicyclic amines) is 1. The van der Waals surface area contributed by atoms with Gasteiger partial charge in [0, 0.05) is 12.5 Å². The minimum absolute atomic E-state index is 0.0540. The van der Waals surface area contributed by atoms with E-state index in [4.69, 9.17) is 4.52 Å². The second kappa shape index (κ2) is 4.90. The van der Waals surface area contributed by atoms with E-state index in [0.29, 0.717) is 18.4 Å². The van der Waals surface area contributed by atoms with Gasteiger partial charge in [0.05, 0.1) is 0 Å². The summed E-state index contributed by atoms with van der Waals surface area (Å²) in [5.74, 6) is 1.73. The molecule has 2 aromatic heterocycles. The van der Waals surface area contributed by atoms with Gasteiger partial charge in [-0.2, -0.15) is 9.78 Å². The summed E-state index contributed by atoms with van der Waals surface area (Å²) in [6.07, 6.45) is 5.36. The molecule has 0 aromatic carbocycles. The molecule has 1 atom stereocenters. The molecule has 9 nitrogen and oxygen atoms in total. The van der Waals surface area contributed by atoms with Crippen LogP contribution in [-0.2, 0) is 11.3 Å². The molecule has 0 bridgehead atoms. The van der Waals surface area contributed by atoms with Gasteiger partial charge in [0.15, 0.2) is 12.2 Å². The first-order valence-corrected chi connectivity index (χ1v) is 7.15. The van der Waals surface area contributed by atoms with E-state index in [1.54, 1.807) is 4.90 Å². The molecule has 21 heavy (non-hydrogen) atoms. The second-order valence-corrected chi connectivity index (χ2v) is 5.48. The molecule has 0 N–H and O–H groups in total. The van der Waals surface area contributed by atoms with Crippen LogP contribution in [0.3, 0.4) is 0 Å². The highest BCUT2D eigenvalue weighted by molar-refractivity contribution is 5.76. The molecule has 110 valence electrons. The number of hydrogen-bond acceptors (Lipinski definition) is 7. The molecule has 1 amide bonds. The summed E-state index contributed by atoms with van der Waals surface area (Å²) in [6, 6.07) is -0.124. The molecule has 2 fully saturated rings. The van der Waals surface area contributed by atoms with E-state index in [1.165, 1.54) is 11.1 Å². The van der Waals surface area contributed by atoms with E-state index >= 15 is 0 Å². The van der Waals surface area contributed by atoms with Crippen molar-refractivity contribution in [3.05, 3.63) is 18.0 Å². The zero-order chi connectivity index (χ0) is 14.2. The van der Waals surface area contributed by atoms with E-state index in [-0.39, 0.29) is 18.5 Å². The Labute approximate surface area is 120 Å². The van der Waals surface area contributed by atoms with Crippen LogP contribution >= 0.6 is 0 Å². The van der Waals surface area contributed by atoms with E-state index < -0.39 is 0 Å². The zero-order valence-corrected chi connectivity index (χ0v) is 11.4. The molecule has 1 aliphatic heterocycles. The molecular formula is C12H15N7O2. The lowest BCUT2D eigenvalue weighted by Gasteiger charge is -2.21. The Bertz CT molecular complexity index is 634. The number of hydrogen-bond donors (Lipinski definition) is 0. The van der Waals surface area contributed by atoms with Crippen molar-refractivity contribution < 1.29 is 9.32 Å². The van der Waals surface area contributed by atoms with Gasteiger partial charge in [-0.15, -0.1) is 10.2 Å². The molecule has 1 saturated carbocycles. The summed E-state index contributed by atoms with van der Waals surface area (Å²) in [5, 5.41) is 15.2. The van der Waals surface area contributed by atoms with Gasteiger partial charge >= 0.3 is 0 Å². The third-order valence-electron chi connectivity index (χ3n) is 3.93. The SMILES string of the molecule is O=C(Cn1ncnn1)N1CCC[C@H]1c1nc(C2CC2)no1. The highest BCUT2D eigenvalue weighted by Crippen LogP contribution is 2.39. The first-order chi connectivity index (χ1) is 10.3. The van der Waals surface area contributed by atoms with E-state index in [1.807, 2.05) is 0 Å². The number of carbonyl (C=O) groups excluding carboxylic acids is 1. The van der Waals surface area contributed by atoms with Crippen molar-refractivity contribution in [1.82, 2.24) is 35.2 Å². The van der Waals surface area contributed by atoms with Crippen LogP contribution in [-0.4, -0.2) is 47.7 Å². The normalized spacial score (nSPS) is 21.9. The van der Waals surface area contributed by atoms with Gasteiger partial charge in [-0.3, -0.25) is 4.79 Å². The topological polar surface area (TPSA) is 103 Å². The standard InChI is InChI=1S/C12H15N7O2/c20-10(6-19-14-7-13-17-19)18-5-1-2-9(18)12-15-11(16-21-12)8-3-4-8/h7-9H,1-6H2/t9-/m0/s1. The molecule has 0 unspecified atom stereocenters. The maximum Gasteiger partial charge on any atom is 0.249 e. The fourth-order valence-electron chi connectivity index (χ4n) is 2.68. The number of carbonyl (C=O) groups is 1. The average Bonchev–Trinajstić information content (AvgIpc) is 2.94. The summed E-state index contributed by atoms with van der Waals surface area (Å²) >= 11 is 0. The summed E-state index contributed by atoms with van der Waals surface area (Å²) in [6.45, 7) is 0.777. The smallest absolute Gasteiger partial charge is 0.249 e. The van der Waals surface area contributed by atoms with Crippen LogP contribution in [0.4, 0.5) is 0 Å². The fraction of sp³-hybridized carbons (Fsp3) is 0.667. The minimum Gasteiger partial charge on any atom is -0.337 e. The Morgan fingerprint density at radius 2 is 2.29 bits per heavy atom. The van der Waals surface area contributed by atoms with Crippen molar-refractivity contribution in [2.24, 2.45) is 0 Å². The largest absolute Gasteiger partial charge is 0.337 e. The third-order valence-corrected chi connectivity index (χ3v) is 3.93. The van der Waals surface area contributed by atoms with Crippen LogP contribution in [0.5, 0.6) is 0 Å². The Morgan fingerprint density at radius 1 is 1.38 bits per heavy atom. The molecule has 0 spiro atoms. The van der Waals surface area contributed by atoms with Crippen molar-refractivity contribution in [2.75, 3.05) is 6.54 Å². The van der Waals surface area contributed by atoms with Crippen molar-refractivity contribution >= 4 is 5.91 Å². The van der Waals surface area contributed by atoms with Crippen LogP contribution in [0.2, 0.25) is 0 Å². The average molecular weight is 289 g/mol. The highest BCUT2D eigenvalue weighted by Gasteiger charge is 2.36. The molecule has 1 aliphatic carbocycles. The van der Waals surface area contributed by atoms with Crippen molar-refractivity contribution in [2.45, 2.75) is 44.2 Å². The van der Waals surface area contributed by atoms with E-state index in [9.17, 15) is 4.79 Å². The summed E-state index contributed by atoms with van der Waals surface area (Å²) in [5.41, 5.74) is 0. The maximum absolute atomic E-state index is 12.4. The lowest BCUT2D eigenvalue weighted by Crippen LogP contribution is -2.34. The van der Waals surface area contributed by atoms with Gasteiger partial charge in [0.25, 0.3) is 0 Å². The van der Waals surface area contributed by atoms with Gasteiger partial charge in [0.2, 0.25) is 11.8 Å². The Kier molecular flexibility index (Phi) is 2.90. The maximum atomic E-state index is 12.4. The van der Waals surface area contributed by atoms with Crippen LogP contribution in [0.15, 0.2) is 10.9 Å². The van der Waals surface area contributed by atoms with E-state index in [2.05, 4.69) is 25.6 Å². The molecule has 2 aliphatic rings. The fourth-order valence-corrected chi connectivity index (χ4v) is 2.68. The number of nitrogens with zero attached hydrogens (tertiary/aromatic N) is 7. The lowest BCUT2D eigenvalue weighted by molar-refractivity contribution is -0.133. The molecule has 3 heterocycles. The first-order valence-electron chi connectivity index (χ1n) is 7.15. The molecule has 0 radical (unpaired) electrons. The van der Waals surface area contributed by atoms with Crippen molar-refractivity contribution in [3.63, 3.8) is 0 Å². The van der Waals surface area contributed by atoms with Crippen LogP contribution in [0.1, 0.15) is 49.4 Å². The Hall–Kier alpha value is -2.32. The molecule has 2 aromatic rings. The predicted molar refractivity (Wildman–Crippen MR) is 67.8 cm³/mol. The highest BCUT2D eigenvalue weighted by atomic mass is 16.5. The Morgan fingerprint density at radius 3 is 3.05 bits per heavy atom. The van der Waals surface area contributed by atoms with Crippen molar-refractivity contribution in [1.29, 1.82) is 0 Å². The molecule has 1 saturated heterocycles. The molecular weight excluding hydrogens is 274 g/mol. The number of amides is 1. The second-order valence-electron chi connectivity index (χ2n) is 5.48. The Balaban J connectivity index is 1.49. The predicted octanol–water partition coefficient (Wildman–Crippen LogP) is 0.297. The summed E-state index contributed by atoms with van der Waals surface area (Å²) < 4.78 is 5.36. The zero-order valence-electron chi connectivity index (χ0n) is 11.4. The molecule has 9 heteroatoms.